The van der Waals surface area contributed by atoms with E-state index in [-0.39, 0.29) is 4.91 Å². The van der Waals surface area contributed by atoms with Crippen LogP contribution in [-0.2, 0) is 9.59 Å². The first-order chi connectivity index (χ1) is 13.3. The normalized spacial score (nSPS) is 15.2. The van der Waals surface area contributed by atoms with Gasteiger partial charge in [0, 0.05) is 3.57 Å². The Hall–Kier alpha value is -2.66. The number of nitrogens with two attached hydrogens (primary N) is 1. The van der Waals surface area contributed by atoms with Gasteiger partial charge in [0.1, 0.15) is 12.3 Å². The van der Waals surface area contributed by atoms with E-state index in [0.717, 1.165) is 20.2 Å². The van der Waals surface area contributed by atoms with Crippen molar-refractivity contribution in [1.82, 2.24) is 4.90 Å². The average Bonchev–Trinajstić information content (AvgIpc) is 2.89. The quantitative estimate of drug-likeness (QED) is 0.288. The van der Waals surface area contributed by atoms with Crippen LogP contribution in [0.3, 0.4) is 0 Å². The van der Waals surface area contributed by atoms with E-state index in [4.69, 9.17) is 10.5 Å². The number of esters is 1. The Bertz CT molecular complexity index is 1020. The molecule has 1 heterocycles. The lowest BCUT2D eigenvalue weighted by molar-refractivity contribution is -0.127. The van der Waals surface area contributed by atoms with E-state index in [1.165, 1.54) is 6.08 Å². The Kier molecular flexibility index (Phi) is 6.15. The Morgan fingerprint density at radius 2 is 1.89 bits per heavy atom. The first-order valence-corrected chi connectivity index (χ1v) is 9.85. The highest BCUT2D eigenvalue weighted by molar-refractivity contribution is 14.1. The minimum atomic E-state index is -0.770. The summed E-state index contributed by atoms with van der Waals surface area (Å²) < 4.78 is 6.17. The minimum Gasteiger partial charge on any atom is -0.423 e. The molecule has 2 aromatic rings. The minimum absolute atomic E-state index is 0.160. The van der Waals surface area contributed by atoms with Crippen molar-refractivity contribution < 1.29 is 23.9 Å². The second-order valence-electron chi connectivity index (χ2n) is 5.68. The first kappa shape index (κ1) is 20.1. The maximum Gasteiger partial charge on any atom is 0.344 e. The number of carbonyl (C=O) groups is 4. The number of amides is 3. The maximum atomic E-state index is 12.3. The highest BCUT2D eigenvalue weighted by atomic mass is 127. The van der Waals surface area contributed by atoms with Crippen LogP contribution >= 0.6 is 34.4 Å². The van der Waals surface area contributed by atoms with Crippen molar-refractivity contribution in [3.8, 4) is 5.75 Å². The molecule has 2 aromatic carbocycles. The number of hydrogen-bond acceptors (Lipinski definition) is 6. The summed E-state index contributed by atoms with van der Waals surface area (Å²) in [7, 11) is 0. The standard InChI is InChI=1S/C19H13IN2O5S/c20-14-7-2-1-6-13(14)18(25)27-12-5-3-4-11(8-12)9-15-17(24)22(10-16(21)23)19(26)28-15/h1-9H,10H2,(H2,21,23)/b15-9-. The van der Waals surface area contributed by atoms with E-state index in [9.17, 15) is 19.2 Å². The lowest BCUT2D eigenvalue weighted by atomic mass is 10.2. The molecule has 0 unspecified atom stereocenters. The topological polar surface area (TPSA) is 107 Å². The van der Waals surface area contributed by atoms with Crippen molar-refractivity contribution in [3.63, 3.8) is 0 Å². The zero-order valence-corrected chi connectivity index (χ0v) is 17.2. The van der Waals surface area contributed by atoms with Gasteiger partial charge in [0.25, 0.3) is 11.1 Å². The van der Waals surface area contributed by atoms with Gasteiger partial charge >= 0.3 is 5.97 Å². The molecular formula is C19H13IN2O5S. The molecule has 0 atom stereocenters. The maximum absolute atomic E-state index is 12.3. The third-order valence-corrected chi connectivity index (χ3v) is 5.50. The fraction of sp³-hybridized carbons (Fsp3) is 0.0526. The predicted octanol–water partition coefficient (Wildman–Crippen LogP) is 3.03. The molecule has 7 nitrogen and oxygen atoms in total. The summed E-state index contributed by atoms with van der Waals surface area (Å²) >= 11 is 2.77. The van der Waals surface area contributed by atoms with Crippen LogP contribution in [0.25, 0.3) is 6.08 Å². The summed E-state index contributed by atoms with van der Waals surface area (Å²) in [5.74, 6) is -1.55. The van der Waals surface area contributed by atoms with Gasteiger partial charge in [-0.05, 0) is 70.3 Å². The largest absolute Gasteiger partial charge is 0.423 e. The number of thioether (sulfide) groups is 1. The predicted molar refractivity (Wildman–Crippen MR) is 112 cm³/mol. The number of rotatable bonds is 5. The highest BCUT2D eigenvalue weighted by Crippen LogP contribution is 2.32. The Balaban J connectivity index is 1.79. The summed E-state index contributed by atoms with van der Waals surface area (Å²) in [5.41, 5.74) is 6.07. The summed E-state index contributed by atoms with van der Waals surface area (Å²) in [4.78, 5) is 48.4. The van der Waals surface area contributed by atoms with E-state index in [2.05, 4.69) is 22.6 Å². The number of benzene rings is 2. The van der Waals surface area contributed by atoms with E-state index < -0.39 is 29.6 Å². The number of carbonyl (C=O) groups excluding carboxylic acids is 4. The first-order valence-electron chi connectivity index (χ1n) is 7.95. The molecule has 28 heavy (non-hydrogen) atoms. The molecule has 9 heteroatoms. The molecule has 0 bridgehead atoms. The lowest BCUT2D eigenvalue weighted by Crippen LogP contribution is -2.36. The molecule has 2 N–H and O–H groups in total. The molecule has 1 fully saturated rings. The van der Waals surface area contributed by atoms with E-state index >= 15 is 0 Å². The molecule has 1 aliphatic rings. The number of nitrogens with zero attached hydrogens (tertiary/aromatic N) is 1. The van der Waals surface area contributed by atoms with Gasteiger partial charge in [0.2, 0.25) is 5.91 Å². The zero-order chi connectivity index (χ0) is 20.3. The van der Waals surface area contributed by atoms with Crippen molar-refractivity contribution in [1.29, 1.82) is 0 Å². The molecule has 0 saturated carbocycles. The zero-order valence-electron chi connectivity index (χ0n) is 14.3. The third-order valence-electron chi connectivity index (χ3n) is 3.65. The fourth-order valence-corrected chi connectivity index (χ4v) is 3.85. The Labute approximate surface area is 178 Å². The van der Waals surface area contributed by atoms with Gasteiger partial charge in [-0.3, -0.25) is 19.3 Å². The van der Waals surface area contributed by atoms with Crippen LogP contribution in [0.15, 0.2) is 53.4 Å². The van der Waals surface area contributed by atoms with Gasteiger partial charge in [-0.25, -0.2) is 4.79 Å². The average molecular weight is 508 g/mol. The number of hydrogen-bond donors (Lipinski definition) is 1. The number of ether oxygens (including phenoxy) is 1. The molecule has 0 aliphatic carbocycles. The molecule has 1 saturated heterocycles. The van der Waals surface area contributed by atoms with Crippen LogP contribution in [0.2, 0.25) is 0 Å². The van der Waals surface area contributed by atoms with Crippen LogP contribution in [0.5, 0.6) is 5.75 Å². The van der Waals surface area contributed by atoms with Gasteiger partial charge in [-0.15, -0.1) is 0 Å². The summed E-state index contributed by atoms with van der Waals surface area (Å²) in [5, 5.41) is -0.559. The summed E-state index contributed by atoms with van der Waals surface area (Å²) in [6.45, 7) is -0.463. The van der Waals surface area contributed by atoms with Crippen molar-refractivity contribution in [2.75, 3.05) is 6.54 Å². The summed E-state index contributed by atoms with van der Waals surface area (Å²) in [6, 6.07) is 13.6. The van der Waals surface area contributed by atoms with Gasteiger partial charge in [0.05, 0.1) is 10.5 Å². The van der Waals surface area contributed by atoms with Gasteiger partial charge < -0.3 is 10.5 Å². The van der Waals surface area contributed by atoms with E-state index in [1.807, 2.05) is 6.07 Å². The smallest absolute Gasteiger partial charge is 0.344 e. The van der Waals surface area contributed by atoms with Crippen molar-refractivity contribution in [2.45, 2.75) is 0 Å². The molecule has 0 spiro atoms. The SMILES string of the molecule is NC(=O)CN1C(=O)S/C(=C\c2cccc(OC(=O)c3ccccc3I)c2)C1=O. The monoisotopic (exact) mass is 508 g/mol. The number of primary amides is 1. The second kappa shape index (κ2) is 8.57. The van der Waals surface area contributed by atoms with Gasteiger partial charge in [0.15, 0.2) is 0 Å². The van der Waals surface area contributed by atoms with Crippen molar-refractivity contribution >= 4 is 63.5 Å². The van der Waals surface area contributed by atoms with E-state index in [0.29, 0.717) is 16.9 Å². The van der Waals surface area contributed by atoms with E-state index in [1.54, 1.807) is 42.5 Å². The van der Waals surface area contributed by atoms with Crippen molar-refractivity contribution in [3.05, 3.63) is 68.1 Å². The van der Waals surface area contributed by atoms with Gasteiger partial charge in [-0.2, -0.15) is 0 Å². The Morgan fingerprint density at radius 1 is 1.14 bits per heavy atom. The van der Waals surface area contributed by atoms with Crippen LogP contribution in [-0.4, -0.2) is 34.5 Å². The molecule has 3 rings (SSSR count). The summed E-state index contributed by atoms with van der Waals surface area (Å²) in [6.07, 6.45) is 1.50. The third kappa shape index (κ3) is 4.60. The van der Waals surface area contributed by atoms with Crippen LogP contribution in [0.1, 0.15) is 15.9 Å². The van der Waals surface area contributed by atoms with Crippen LogP contribution in [0.4, 0.5) is 4.79 Å². The number of imide groups is 1. The fourth-order valence-electron chi connectivity index (χ4n) is 2.40. The highest BCUT2D eigenvalue weighted by Gasteiger charge is 2.35. The van der Waals surface area contributed by atoms with Gasteiger partial charge in [-0.1, -0.05) is 24.3 Å². The molecule has 0 radical (unpaired) electrons. The van der Waals surface area contributed by atoms with Crippen LogP contribution < -0.4 is 10.5 Å². The number of halogens is 1. The lowest BCUT2D eigenvalue weighted by Gasteiger charge is -2.08. The molecular weight excluding hydrogens is 495 g/mol. The Morgan fingerprint density at radius 3 is 2.61 bits per heavy atom. The van der Waals surface area contributed by atoms with Crippen LogP contribution in [0, 0.1) is 3.57 Å². The molecule has 3 amide bonds. The second-order valence-corrected chi connectivity index (χ2v) is 7.83. The molecule has 142 valence electrons. The van der Waals surface area contributed by atoms with Crippen molar-refractivity contribution in [2.24, 2.45) is 5.73 Å². The molecule has 1 aliphatic heterocycles. The molecule has 0 aromatic heterocycles.